The SMILES string of the molecule is O=C(CSc1ccc(F)cc1)NCCc1nc2c(c(C(F)(F)F)n1)CCCC2. The van der Waals surface area contributed by atoms with Crippen LogP contribution in [0, 0.1) is 5.82 Å². The van der Waals surface area contributed by atoms with Gasteiger partial charge in [0.25, 0.3) is 0 Å². The number of alkyl halides is 3. The van der Waals surface area contributed by atoms with Gasteiger partial charge in [-0.05, 0) is 49.9 Å². The normalized spacial score (nSPS) is 13.9. The van der Waals surface area contributed by atoms with E-state index in [4.69, 9.17) is 0 Å². The molecule has 0 saturated heterocycles. The molecule has 1 heterocycles. The summed E-state index contributed by atoms with van der Waals surface area (Å²) in [5.41, 5.74) is -0.158. The lowest BCUT2D eigenvalue weighted by Gasteiger charge is -2.20. The van der Waals surface area contributed by atoms with E-state index >= 15 is 0 Å². The van der Waals surface area contributed by atoms with Gasteiger partial charge >= 0.3 is 6.18 Å². The van der Waals surface area contributed by atoms with Gasteiger partial charge in [0.1, 0.15) is 11.6 Å². The third-order valence-corrected chi connectivity index (χ3v) is 5.36. The maximum Gasteiger partial charge on any atom is 0.433 e. The standard InChI is InChI=1S/C19H19F4N3OS/c20-12-5-7-13(8-6-12)28-11-17(27)24-10-9-16-25-15-4-2-1-3-14(15)18(26-16)19(21,22)23/h5-8H,1-4,9-11H2,(H,24,27). The number of rotatable bonds is 6. The smallest absolute Gasteiger partial charge is 0.355 e. The molecule has 1 aromatic carbocycles. The molecular weight excluding hydrogens is 394 g/mol. The highest BCUT2D eigenvalue weighted by atomic mass is 32.2. The van der Waals surface area contributed by atoms with Crippen LogP contribution in [-0.4, -0.2) is 28.2 Å². The quantitative estimate of drug-likeness (QED) is 0.575. The molecule has 9 heteroatoms. The first-order chi connectivity index (χ1) is 13.3. The van der Waals surface area contributed by atoms with Crippen LogP contribution in [0.3, 0.4) is 0 Å². The highest BCUT2D eigenvalue weighted by Crippen LogP contribution is 2.34. The number of benzene rings is 1. The molecule has 3 rings (SSSR count). The zero-order chi connectivity index (χ0) is 20.1. The molecule has 1 aromatic heterocycles. The number of nitrogens with one attached hydrogen (secondary N) is 1. The lowest BCUT2D eigenvalue weighted by Crippen LogP contribution is -2.28. The van der Waals surface area contributed by atoms with Crippen molar-refractivity contribution in [2.75, 3.05) is 12.3 Å². The first-order valence-corrected chi connectivity index (χ1v) is 9.92. The molecule has 150 valence electrons. The maximum absolute atomic E-state index is 13.3. The maximum atomic E-state index is 13.3. The minimum atomic E-state index is -4.51. The first-order valence-electron chi connectivity index (χ1n) is 8.94. The number of hydrogen-bond acceptors (Lipinski definition) is 4. The minimum Gasteiger partial charge on any atom is -0.355 e. The van der Waals surface area contributed by atoms with Crippen LogP contribution < -0.4 is 5.32 Å². The zero-order valence-electron chi connectivity index (χ0n) is 15.0. The van der Waals surface area contributed by atoms with E-state index < -0.39 is 11.9 Å². The first kappa shape index (κ1) is 20.6. The molecule has 2 aromatic rings. The van der Waals surface area contributed by atoms with Gasteiger partial charge in [-0.1, -0.05) is 0 Å². The number of aromatic nitrogens is 2. The molecule has 1 aliphatic rings. The summed E-state index contributed by atoms with van der Waals surface area (Å²) in [6.07, 6.45) is -1.98. The molecule has 4 nitrogen and oxygen atoms in total. The van der Waals surface area contributed by atoms with E-state index in [1.807, 2.05) is 0 Å². The van der Waals surface area contributed by atoms with Crippen molar-refractivity contribution in [3.8, 4) is 0 Å². The van der Waals surface area contributed by atoms with E-state index in [9.17, 15) is 22.4 Å². The fraction of sp³-hybridized carbons (Fsp3) is 0.421. The van der Waals surface area contributed by atoms with Gasteiger partial charge < -0.3 is 5.32 Å². The van der Waals surface area contributed by atoms with Crippen molar-refractivity contribution in [3.05, 3.63) is 52.9 Å². The van der Waals surface area contributed by atoms with Crippen molar-refractivity contribution in [3.63, 3.8) is 0 Å². The van der Waals surface area contributed by atoms with Gasteiger partial charge in [-0.15, -0.1) is 11.8 Å². The Labute approximate surface area is 164 Å². The van der Waals surface area contributed by atoms with Crippen LogP contribution in [0.2, 0.25) is 0 Å². The largest absolute Gasteiger partial charge is 0.433 e. The average Bonchev–Trinajstić information content (AvgIpc) is 2.66. The molecule has 1 amide bonds. The molecule has 0 atom stereocenters. The molecule has 1 aliphatic carbocycles. The number of fused-ring (bicyclic) bond motifs is 1. The molecule has 28 heavy (non-hydrogen) atoms. The molecule has 0 aliphatic heterocycles. The van der Waals surface area contributed by atoms with E-state index in [1.165, 1.54) is 23.9 Å². The van der Waals surface area contributed by atoms with Crippen LogP contribution in [0.5, 0.6) is 0 Å². The Hall–Kier alpha value is -2.16. The van der Waals surface area contributed by atoms with Gasteiger partial charge in [0.05, 0.1) is 5.75 Å². The van der Waals surface area contributed by atoms with Crippen LogP contribution in [0.25, 0.3) is 0 Å². The highest BCUT2D eigenvalue weighted by Gasteiger charge is 2.37. The zero-order valence-corrected chi connectivity index (χ0v) is 15.8. The summed E-state index contributed by atoms with van der Waals surface area (Å²) in [4.78, 5) is 20.7. The van der Waals surface area contributed by atoms with Crippen molar-refractivity contribution < 1.29 is 22.4 Å². The number of amides is 1. The van der Waals surface area contributed by atoms with Crippen LogP contribution in [-0.2, 0) is 30.2 Å². The van der Waals surface area contributed by atoms with Crippen molar-refractivity contribution in [1.29, 1.82) is 0 Å². The van der Waals surface area contributed by atoms with Gasteiger partial charge in [-0.2, -0.15) is 13.2 Å². The van der Waals surface area contributed by atoms with Gasteiger partial charge in [0.2, 0.25) is 5.91 Å². The number of nitrogens with zero attached hydrogens (tertiary/aromatic N) is 2. The summed E-state index contributed by atoms with van der Waals surface area (Å²) in [6.45, 7) is 0.152. The summed E-state index contributed by atoms with van der Waals surface area (Å²) < 4.78 is 52.8. The van der Waals surface area contributed by atoms with E-state index in [0.717, 1.165) is 11.3 Å². The third-order valence-electron chi connectivity index (χ3n) is 4.35. The lowest BCUT2D eigenvalue weighted by molar-refractivity contribution is -0.142. The Kier molecular flexibility index (Phi) is 6.53. The molecule has 0 radical (unpaired) electrons. The Morgan fingerprint density at radius 1 is 1.11 bits per heavy atom. The molecular formula is C19H19F4N3OS. The topological polar surface area (TPSA) is 54.9 Å². The second-order valence-electron chi connectivity index (χ2n) is 6.46. The molecule has 0 unspecified atom stereocenters. The molecule has 0 bridgehead atoms. The van der Waals surface area contributed by atoms with E-state index in [2.05, 4.69) is 15.3 Å². The number of hydrogen-bond donors (Lipinski definition) is 1. The number of carbonyl (C=O) groups excluding carboxylic acids is 1. The Balaban J connectivity index is 1.55. The Bertz CT molecular complexity index is 840. The fourth-order valence-electron chi connectivity index (χ4n) is 3.04. The highest BCUT2D eigenvalue weighted by molar-refractivity contribution is 8.00. The van der Waals surface area contributed by atoms with Crippen molar-refractivity contribution in [1.82, 2.24) is 15.3 Å². The number of aryl methyl sites for hydroxylation is 1. The molecule has 0 spiro atoms. The van der Waals surface area contributed by atoms with Crippen LogP contribution in [0.15, 0.2) is 29.2 Å². The lowest BCUT2D eigenvalue weighted by atomic mass is 9.94. The fourth-order valence-corrected chi connectivity index (χ4v) is 3.76. The van der Waals surface area contributed by atoms with Gasteiger partial charge in [-0.25, -0.2) is 14.4 Å². The van der Waals surface area contributed by atoms with E-state index in [-0.39, 0.29) is 41.8 Å². The number of thioether (sulfide) groups is 1. The molecule has 0 saturated carbocycles. The Morgan fingerprint density at radius 3 is 2.54 bits per heavy atom. The second kappa shape index (κ2) is 8.89. The monoisotopic (exact) mass is 413 g/mol. The van der Waals surface area contributed by atoms with Crippen molar-refractivity contribution >= 4 is 17.7 Å². The number of halogens is 4. The minimum absolute atomic E-state index is 0.0967. The molecule has 1 N–H and O–H groups in total. The summed E-state index contributed by atoms with van der Waals surface area (Å²) in [6, 6.07) is 5.78. The summed E-state index contributed by atoms with van der Waals surface area (Å²) in [7, 11) is 0. The average molecular weight is 413 g/mol. The number of carbonyl (C=O) groups is 1. The predicted octanol–water partition coefficient (Wildman–Crippen LogP) is 3.96. The summed E-state index contributed by atoms with van der Waals surface area (Å²) in [5, 5.41) is 2.66. The van der Waals surface area contributed by atoms with E-state index in [0.29, 0.717) is 25.0 Å². The van der Waals surface area contributed by atoms with E-state index in [1.54, 1.807) is 12.1 Å². The van der Waals surface area contributed by atoms with Gasteiger partial charge in [0.15, 0.2) is 5.69 Å². The Morgan fingerprint density at radius 2 is 1.82 bits per heavy atom. The predicted molar refractivity (Wildman–Crippen MR) is 97.5 cm³/mol. The van der Waals surface area contributed by atoms with Crippen LogP contribution in [0.4, 0.5) is 17.6 Å². The third kappa shape index (κ3) is 5.43. The van der Waals surface area contributed by atoms with Crippen LogP contribution in [0.1, 0.15) is 35.6 Å². The van der Waals surface area contributed by atoms with Gasteiger partial charge in [0, 0.05) is 29.1 Å². The van der Waals surface area contributed by atoms with Crippen molar-refractivity contribution in [2.24, 2.45) is 0 Å². The molecule has 0 fully saturated rings. The second-order valence-corrected chi connectivity index (χ2v) is 7.51. The summed E-state index contributed by atoms with van der Waals surface area (Å²) in [5.74, 6) is -0.385. The van der Waals surface area contributed by atoms with Gasteiger partial charge in [-0.3, -0.25) is 4.79 Å². The summed E-state index contributed by atoms with van der Waals surface area (Å²) >= 11 is 1.25. The van der Waals surface area contributed by atoms with Crippen molar-refractivity contribution in [2.45, 2.75) is 43.2 Å². The van der Waals surface area contributed by atoms with Crippen LogP contribution >= 0.6 is 11.8 Å².